The van der Waals surface area contributed by atoms with Crippen LogP contribution >= 0.6 is 11.6 Å². The fourth-order valence-corrected chi connectivity index (χ4v) is 3.03. The molecule has 1 atom stereocenters. The third-order valence-electron chi connectivity index (χ3n) is 3.91. The standard InChI is InChI=1S/C14H16ClNO4/c15-12-6-5-10(8-13(12)16(19)20)11(14(17)18)7-9-3-1-2-4-9/h5-6,8-9,11H,1-4,7H2,(H,17,18). The Balaban J connectivity index is 2.26. The SMILES string of the molecule is O=C(O)C(CC1CCCC1)c1ccc(Cl)c([N+](=O)[O-])c1. The Bertz CT molecular complexity index is 526. The molecule has 1 unspecified atom stereocenters. The van der Waals surface area contributed by atoms with Crippen LogP contribution in [-0.2, 0) is 4.79 Å². The van der Waals surface area contributed by atoms with Crippen molar-refractivity contribution in [2.75, 3.05) is 0 Å². The number of hydrogen-bond donors (Lipinski definition) is 1. The lowest BCUT2D eigenvalue weighted by molar-refractivity contribution is -0.384. The average Bonchev–Trinajstić information content (AvgIpc) is 2.89. The molecule has 1 aliphatic carbocycles. The third-order valence-corrected chi connectivity index (χ3v) is 4.23. The Morgan fingerprint density at radius 3 is 2.65 bits per heavy atom. The van der Waals surface area contributed by atoms with Gasteiger partial charge < -0.3 is 5.11 Å². The molecule has 1 aromatic carbocycles. The zero-order valence-corrected chi connectivity index (χ0v) is 11.7. The van der Waals surface area contributed by atoms with Crippen molar-refractivity contribution in [3.05, 3.63) is 38.9 Å². The van der Waals surface area contributed by atoms with Crippen LogP contribution in [0.4, 0.5) is 5.69 Å². The predicted octanol–water partition coefficient (Wildman–Crippen LogP) is 4.00. The molecule has 0 bridgehead atoms. The van der Waals surface area contributed by atoms with Gasteiger partial charge in [0, 0.05) is 6.07 Å². The van der Waals surface area contributed by atoms with Crippen molar-refractivity contribution in [1.29, 1.82) is 0 Å². The van der Waals surface area contributed by atoms with Crippen LogP contribution in [0.1, 0.15) is 43.6 Å². The highest BCUT2D eigenvalue weighted by Gasteiger charge is 2.28. The molecule has 5 nitrogen and oxygen atoms in total. The molecule has 1 fully saturated rings. The van der Waals surface area contributed by atoms with E-state index in [1.807, 2.05) is 0 Å². The molecule has 20 heavy (non-hydrogen) atoms. The average molecular weight is 298 g/mol. The molecule has 108 valence electrons. The zero-order chi connectivity index (χ0) is 14.7. The maximum Gasteiger partial charge on any atom is 0.310 e. The van der Waals surface area contributed by atoms with Crippen molar-refractivity contribution in [1.82, 2.24) is 0 Å². The van der Waals surface area contributed by atoms with Gasteiger partial charge in [0.2, 0.25) is 0 Å². The molecule has 0 radical (unpaired) electrons. The van der Waals surface area contributed by atoms with Crippen LogP contribution in [0.5, 0.6) is 0 Å². The number of benzene rings is 1. The van der Waals surface area contributed by atoms with Gasteiger partial charge in [-0.2, -0.15) is 0 Å². The van der Waals surface area contributed by atoms with E-state index in [9.17, 15) is 20.0 Å². The molecule has 0 spiro atoms. The Morgan fingerprint density at radius 1 is 1.45 bits per heavy atom. The molecule has 6 heteroatoms. The molecule has 0 amide bonds. The molecule has 2 rings (SSSR count). The van der Waals surface area contributed by atoms with Gasteiger partial charge in [-0.15, -0.1) is 0 Å². The van der Waals surface area contributed by atoms with Gasteiger partial charge in [0.1, 0.15) is 5.02 Å². The zero-order valence-electron chi connectivity index (χ0n) is 10.9. The number of nitro benzene ring substituents is 1. The Kier molecular flexibility index (Phi) is 4.60. The second-order valence-electron chi connectivity index (χ2n) is 5.24. The van der Waals surface area contributed by atoms with Crippen LogP contribution in [0.3, 0.4) is 0 Å². The van der Waals surface area contributed by atoms with Crippen LogP contribution < -0.4 is 0 Å². The first-order chi connectivity index (χ1) is 9.49. The molecule has 0 saturated heterocycles. The Morgan fingerprint density at radius 2 is 2.10 bits per heavy atom. The van der Waals surface area contributed by atoms with Crippen molar-refractivity contribution >= 4 is 23.3 Å². The first-order valence-corrected chi connectivity index (χ1v) is 7.03. The highest BCUT2D eigenvalue weighted by Crippen LogP contribution is 2.36. The largest absolute Gasteiger partial charge is 0.481 e. The summed E-state index contributed by atoms with van der Waals surface area (Å²) in [5.74, 6) is -1.24. The molecular weight excluding hydrogens is 282 g/mol. The van der Waals surface area contributed by atoms with E-state index >= 15 is 0 Å². The maximum atomic E-state index is 11.5. The first-order valence-electron chi connectivity index (χ1n) is 6.65. The van der Waals surface area contributed by atoms with Crippen LogP contribution in [0, 0.1) is 16.0 Å². The summed E-state index contributed by atoms with van der Waals surface area (Å²) in [5, 5.41) is 20.3. The number of nitrogens with zero attached hydrogens (tertiary/aromatic N) is 1. The summed E-state index contributed by atoms with van der Waals surface area (Å²) in [4.78, 5) is 21.8. The second-order valence-corrected chi connectivity index (χ2v) is 5.65. The fraction of sp³-hybridized carbons (Fsp3) is 0.500. The van der Waals surface area contributed by atoms with Crippen molar-refractivity contribution in [2.24, 2.45) is 5.92 Å². The number of aliphatic carboxylic acids is 1. The molecule has 1 saturated carbocycles. The molecule has 0 aliphatic heterocycles. The number of halogens is 1. The first kappa shape index (κ1) is 14.8. The van der Waals surface area contributed by atoms with Gasteiger partial charge >= 0.3 is 5.97 Å². The number of hydrogen-bond acceptors (Lipinski definition) is 3. The van der Waals surface area contributed by atoms with Gasteiger partial charge in [-0.3, -0.25) is 14.9 Å². The minimum Gasteiger partial charge on any atom is -0.481 e. The van der Waals surface area contributed by atoms with Gasteiger partial charge in [-0.1, -0.05) is 43.4 Å². The lowest BCUT2D eigenvalue weighted by Gasteiger charge is -2.17. The summed E-state index contributed by atoms with van der Waals surface area (Å²) in [5.41, 5.74) is 0.224. The van der Waals surface area contributed by atoms with E-state index in [0.29, 0.717) is 17.9 Å². The summed E-state index contributed by atoms with van der Waals surface area (Å²) in [6.07, 6.45) is 4.89. The summed E-state index contributed by atoms with van der Waals surface area (Å²) in [6, 6.07) is 4.26. The highest BCUT2D eigenvalue weighted by molar-refractivity contribution is 6.32. The van der Waals surface area contributed by atoms with Crippen molar-refractivity contribution < 1.29 is 14.8 Å². The molecule has 1 N–H and O–H groups in total. The normalized spacial score (nSPS) is 17.1. The van der Waals surface area contributed by atoms with Crippen LogP contribution in [-0.4, -0.2) is 16.0 Å². The topological polar surface area (TPSA) is 80.4 Å². The molecule has 1 aromatic rings. The monoisotopic (exact) mass is 297 g/mol. The van der Waals surface area contributed by atoms with Crippen LogP contribution in [0.15, 0.2) is 18.2 Å². The third kappa shape index (κ3) is 3.28. The molecular formula is C14H16ClNO4. The summed E-state index contributed by atoms with van der Waals surface area (Å²) in [6.45, 7) is 0. The smallest absolute Gasteiger partial charge is 0.310 e. The van der Waals surface area contributed by atoms with Gasteiger partial charge in [0.25, 0.3) is 5.69 Å². The minimum atomic E-state index is -0.937. The molecule has 1 aliphatic rings. The van der Waals surface area contributed by atoms with E-state index in [4.69, 9.17) is 11.6 Å². The van der Waals surface area contributed by atoms with E-state index in [1.165, 1.54) is 12.1 Å². The summed E-state index contributed by atoms with van der Waals surface area (Å²) in [7, 11) is 0. The van der Waals surface area contributed by atoms with Crippen LogP contribution in [0.2, 0.25) is 5.02 Å². The number of carbonyl (C=O) groups is 1. The van der Waals surface area contributed by atoms with E-state index in [1.54, 1.807) is 6.07 Å². The van der Waals surface area contributed by atoms with Crippen molar-refractivity contribution in [3.63, 3.8) is 0 Å². The van der Waals surface area contributed by atoms with Crippen molar-refractivity contribution in [2.45, 2.75) is 38.0 Å². The Labute approximate surface area is 121 Å². The fourth-order valence-electron chi connectivity index (χ4n) is 2.85. The molecule has 0 aromatic heterocycles. The Hall–Kier alpha value is -1.62. The molecule has 0 heterocycles. The van der Waals surface area contributed by atoms with Gasteiger partial charge in [0.05, 0.1) is 10.8 Å². The summed E-state index contributed by atoms with van der Waals surface area (Å²) >= 11 is 5.76. The van der Waals surface area contributed by atoms with Gasteiger partial charge in [-0.25, -0.2) is 0 Å². The quantitative estimate of drug-likeness (QED) is 0.658. The predicted molar refractivity (Wildman–Crippen MR) is 75.1 cm³/mol. The van der Waals surface area contributed by atoms with E-state index < -0.39 is 16.8 Å². The lowest BCUT2D eigenvalue weighted by atomic mass is 9.88. The second kappa shape index (κ2) is 6.22. The number of nitro groups is 1. The summed E-state index contributed by atoms with van der Waals surface area (Å²) < 4.78 is 0. The van der Waals surface area contributed by atoms with Gasteiger partial charge in [-0.05, 0) is 24.0 Å². The van der Waals surface area contributed by atoms with Crippen LogP contribution in [0.25, 0.3) is 0 Å². The van der Waals surface area contributed by atoms with E-state index in [-0.39, 0.29) is 10.7 Å². The minimum absolute atomic E-state index is 0.0313. The van der Waals surface area contributed by atoms with Gasteiger partial charge in [0.15, 0.2) is 0 Å². The number of carboxylic acid groups (broad SMARTS) is 1. The highest BCUT2D eigenvalue weighted by atomic mass is 35.5. The van der Waals surface area contributed by atoms with Crippen molar-refractivity contribution in [3.8, 4) is 0 Å². The number of carboxylic acids is 1. The van der Waals surface area contributed by atoms with E-state index in [0.717, 1.165) is 25.7 Å². The lowest BCUT2D eigenvalue weighted by Crippen LogP contribution is -2.15. The van der Waals surface area contributed by atoms with E-state index in [2.05, 4.69) is 0 Å². The maximum absolute atomic E-state index is 11.5. The number of rotatable bonds is 5.